The highest BCUT2D eigenvalue weighted by Gasteiger charge is 2.15. The third-order valence-electron chi connectivity index (χ3n) is 3.80. The summed E-state index contributed by atoms with van der Waals surface area (Å²) in [6.45, 7) is 3.98. The molecule has 4 aromatic rings. The van der Waals surface area contributed by atoms with E-state index in [0.717, 1.165) is 21.8 Å². The van der Waals surface area contributed by atoms with Crippen LogP contribution < -0.4 is 4.74 Å². The van der Waals surface area contributed by atoms with Crippen molar-refractivity contribution >= 4 is 33.2 Å². The van der Waals surface area contributed by atoms with Crippen molar-refractivity contribution in [2.45, 2.75) is 20.3 Å². The van der Waals surface area contributed by atoms with E-state index in [1.807, 2.05) is 24.4 Å². The van der Waals surface area contributed by atoms with Gasteiger partial charge in [0.25, 0.3) is 0 Å². The number of rotatable bonds is 6. The monoisotopic (exact) mass is 371 g/mol. The quantitative estimate of drug-likeness (QED) is 0.481. The molecule has 0 N–H and O–H groups in total. The van der Waals surface area contributed by atoms with Gasteiger partial charge in [0.1, 0.15) is 10.7 Å². The minimum Gasteiger partial charge on any atom is -0.478 e. The largest absolute Gasteiger partial charge is 0.478 e. The van der Waals surface area contributed by atoms with Crippen LogP contribution >= 0.6 is 11.3 Å². The number of carbonyl (C=O) groups is 1. The molecule has 0 aliphatic rings. The van der Waals surface area contributed by atoms with Crippen molar-refractivity contribution < 1.29 is 18.7 Å². The van der Waals surface area contributed by atoms with Crippen LogP contribution in [0.15, 0.2) is 34.9 Å². The van der Waals surface area contributed by atoms with E-state index < -0.39 is 5.97 Å². The fourth-order valence-electron chi connectivity index (χ4n) is 2.62. The Labute approximate surface area is 153 Å². The van der Waals surface area contributed by atoms with Crippen molar-refractivity contribution in [3.63, 3.8) is 0 Å². The predicted molar refractivity (Wildman–Crippen MR) is 97.6 cm³/mol. The Morgan fingerprint density at radius 3 is 3.00 bits per heavy atom. The number of carbonyl (C=O) groups excluding carboxylic acids is 1. The Hall–Kier alpha value is -2.87. The maximum absolute atomic E-state index is 11.5. The zero-order valence-corrected chi connectivity index (χ0v) is 15.2. The minimum atomic E-state index is -0.413. The number of hydrogen-bond donors (Lipinski definition) is 0. The van der Waals surface area contributed by atoms with E-state index in [2.05, 4.69) is 17.0 Å². The van der Waals surface area contributed by atoms with Crippen molar-refractivity contribution in [1.29, 1.82) is 0 Å². The first-order chi connectivity index (χ1) is 12.7. The highest BCUT2D eigenvalue weighted by atomic mass is 32.1. The predicted octanol–water partition coefficient (Wildman–Crippen LogP) is 3.71. The van der Waals surface area contributed by atoms with Crippen molar-refractivity contribution in [2.75, 3.05) is 13.2 Å². The minimum absolute atomic E-state index is 0.160. The first-order valence-electron chi connectivity index (χ1n) is 8.34. The van der Waals surface area contributed by atoms with Crippen molar-refractivity contribution in [3.8, 4) is 17.2 Å². The van der Waals surface area contributed by atoms with E-state index in [-0.39, 0.29) is 6.61 Å². The topological polar surface area (TPSA) is 78.9 Å². The lowest BCUT2D eigenvalue weighted by Gasteiger charge is -2.05. The van der Waals surface area contributed by atoms with Crippen LogP contribution in [-0.4, -0.2) is 33.8 Å². The Bertz CT molecular complexity index is 1050. The van der Waals surface area contributed by atoms with Crippen molar-refractivity contribution in [3.05, 3.63) is 35.5 Å². The zero-order valence-electron chi connectivity index (χ0n) is 14.4. The normalized spacial score (nSPS) is 11.3. The second-order valence-electron chi connectivity index (χ2n) is 5.58. The van der Waals surface area contributed by atoms with Gasteiger partial charge in [0, 0.05) is 5.39 Å². The number of imidazole rings is 1. The highest BCUT2D eigenvalue weighted by Crippen LogP contribution is 2.33. The van der Waals surface area contributed by atoms with Gasteiger partial charge in [-0.15, -0.1) is 0 Å². The van der Waals surface area contributed by atoms with Crippen LogP contribution in [0.5, 0.6) is 5.75 Å². The summed E-state index contributed by atoms with van der Waals surface area (Å²) in [6.07, 6.45) is 2.73. The number of esters is 1. The summed E-state index contributed by atoms with van der Waals surface area (Å²) in [4.78, 5) is 16.9. The molecule has 3 aromatic heterocycles. The summed E-state index contributed by atoms with van der Waals surface area (Å²) in [6, 6.07) is 7.43. The summed E-state index contributed by atoms with van der Waals surface area (Å²) in [7, 11) is 0. The number of aryl methyl sites for hydroxylation is 1. The number of benzene rings is 1. The molecule has 0 unspecified atom stereocenters. The molecule has 1 aromatic carbocycles. The number of nitrogens with zero attached hydrogens (tertiary/aromatic N) is 3. The molecule has 7 nitrogen and oxygen atoms in total. The Kier molecular flexibility index (Phi) is 4.34. The Morgan fingerprint density at radius 1 is 1.35 bits per heavy atom. The number of ether oxygens (including phenoxy) is 2. The molecule has 134 valence electrons. The average molecular weight is 371 g/mol. The number of furan rings is 1. The Morgan fingerprint density at radius 2 is 2.23 bits per heavy atom. The lowest BCUT2D eigenvalue weighted by Crippen LogP contribution is -2.14. The molecule has 0 atom stereocenters. The van der Waals surface area contributed by atoms with E-state index in [1.54, 1.807) is 28.8 Å². The summed E-state index contributed by atoms with van der Waals surface area (Å²) >= 11 is 1.56. The smallest absolute Gasteiger partial charge is 0.344 e. The van der Waals surface area contributed by atoms with Gasteiger partial charge in [0.15, 0.2) is 23.7 Å². The summed E-state index contributed by atoms with van der Waals surface area (Å²) < 4.78 is 18.2. The van der Waals surface area contributed by atoms with Crippen LogP contribution in [-0.2, 0) is 16.0 Å². The van der Waals surface area contributed by atoms with Gasteiger partial charge in [-0.25, -0.2) is 14.3 Å². The zero-order chi connectivity index (χ0) is 18.1. The summed E-state index contributed by atoms with van der Waals surface area (Å²) in [5, 5.41) is 6.39. The molecule has 3 heterocycles. The fourth-order valence-corrected chi connectivity index (χ4v) is 3.43. The maximum atomic E-state index is 11.5. The summed E-state index contributed by atoms with van der Waals surface area (Å²) in [5.74, 6) is 0.709. The molecule has 4 rings (SSSR count). The standard InChI is InChI=1S/C18H17N3O4S/c1-3-15-20-21-9-12(19-18(21)26-15)14-8-11-6-5-7-13(17(11)25-14)24-10-16(22)23-4-2/h5-9H,3-4,10H2,1-2H3. The first kappa shape index (κ1) is 16.6. The van der Waals surface area contributed by atoms with Crippen molar-refractivity contribution in [1.82, 2.24) is 14.6 Å². The second kappa shape index (κ2) is 6.80. The van der Waals surface area contributed by atoms with Crippen LogP contribution in [0.4, 0.5) is 0 Å². The van der Waals surface area contributed by atoms with Gasteiger partial charge in [-0.2, -0.15) is 5.10 Å². The molecule has 0 fully saturated rings. The lowest BCUT2D eigenvalue weighted by molar-refractivity contribution is -0.145. The van der Waals surface area contributed by atoms with E-state index in [9.17, 15) is 4.79 Å². The van der Waals surface area contributed by atoms with Gasteiger partial charge in [0.2, 0.25) is 4.96 Å². The van der Waals surface area contributed by atoms with Gasteiger partial charge in [-0.05, 0) is 25.5 Å². The van der Waals surface area contributed by atoms with E-state index in [1.165, 1.54) is 0 Å². The molecular formula is C18H17N3O4S. The van der Waals surface area contributed by atoms with Gasteiger partial charge >= 0.3 is 5.97 Å². The molecule has 0 aliphatic carbocycles. The lowest BCUT2D eigenvalue weighted by atomic mass is 10.2. The van der Waals surface area contributed by atoms with Gasteiger partial charge in [-0.3, -0.25) is 0 Å². The number of fused-ring (bicyclic) bond motifs is 2. The summed E-state index contributed by atoms with van der Waals surface area (Å²) in [5.41, 5.74) is 1.28. The third-order valence-corrected chi connectivity index (χ3v) is 4.87. The average Bonchev–Trinajstić information content (AvgIpc) is 3.31. The molecule has 0 amide bonds. The first-order valence-corrected chi connectivity index (χ1v) is 9.16. The van der Waals surface area contributed by atoms with Gasteiger partial charge < -0.3 is 13.9 Å². The van der Waals surface area contributed by atoms with Gasteiger partial charge in [0.05, 0.1) is 12.8 Å². The fraction of sp³-hybridized carbons (Fsp3) is 0.278. The molecule has 0 aliphatic heterocycles. The van der Waals surface area contributed by atoms with Crippen molar-refractivity contribution in [2.24, 2.45) is 0 Å². The van der Waals surface area contributed by atoms with Gasteiger partial charge in [-0.1, -0.05) is 30.4 Å². The molecule has 0 spiro atoms. The molecule has 0 bridgehead atoms. The number of hydrogen-bond acceptors (Lipinski definition) is 7. The second-order valence-corrected chi connectivity index (χ2v) is 6.62. The molecule has 8 heteroatoms. The number of para-hydroxylation sites is 1. The molecule has 0 saturated carbocycles. The SMILES string of the molecule is CCOC(=O)COc1cccc2cc(-c3cn4nc(CC)sc4n3)oc12. The molecule has 26 heavy (non-hydrogen) atoms. The van der Waals surface area contributed by atoms with Crippen LogP contribution in [0.2, 0.25) is 0 Å². The van der Waals surface area contributed by atoms with Crippen LogP contribution in [0, 0.1) is 0 Å². The van der Waals surface area contributed by atoms with Crippen LogP contribution in [0.3, 0.4) is 0 Å². The molecule has 0 saturated heterocycles. The number of aromatic nitrogens is 3. The van der Waals surface area contributed by atoms with E-state index in [4.69, 9.17) is 13.9 Å². The third kappa shape index (κ3) is 3.03. The molecule has 0 radical (unpaired) electrons. The van der Waals surface area contributed by atoms with E-state index in [0.29, 0.717) is 29.4 Å². The highest BCUT2D eigenvalue weighted by molar-refractivity contribution is 7.16. The van der Waals surface area contributed by atoms with E-state index >= 15 is 0 Å². The molecular weight excluding hydrogens is 354 g/mol. The Balaban J connectivity index is 1.64. The van der Waals surface area contributed by atoms with Crippen LogP contribution in [0.1, 0.15) is 18.9 Å². The van der Waals surface area contributed by atoms with Crippen LogP contribution in [0.25, 0.3) is 27.4 Å². The maximum Gasteiger partial charge on any atom is 0.344 e.